The molecule has 6 heteroatoms. The predicted molar refractivity (Wildman–Crippen MR) is 121 cm³/mol. The summed E-state index contributed by atoms with van der Waals surface area (Å²) in [6, 6.07) is 0.460. The molecule has 5 nitrogen and oxygen atoms in total. The van der Waals surface area contributed by atoms with Gasteiger partial charge in [0.15, 0.2) is 5.96 Å². The molecule has 2 N–H and O–H groups in total. The molecule has 0 amide bonds. The molecule has 1 heterocycles. The molecule has 0 aliphatic carbocycles. The van der Waals surface area contributed by atoms with Gasteiger partial charge in [-0.25, -0.2) is 0 Å². The number of nitrogens with zero attached hydrogens (tertiary/aromatic N) is 3. The zero-order valence-corrected chi connectivity index (χ0v) is 19.5. The van der Waals surface area contributed by atoms with Crippen LogP contribution in [0.15, 0.2) is 4.99 Å². The lowest BCUT2D eigenvalue weighted by Gasteiger charge is -2.31. The van der Waals surface area contributed by atoms with Crippen LogP contribution in [-0.4, -0.2) is 74.7 Å². The van der Waals surface area contributed by atoms with Gasteiger partial charge in [-0.15, -0.1) is 24.0 Å². The van der Waals surface area contributed by atoms with Gasteiger partial charge < -0.3 is 20.4 Å². The van der Waals surface area contributed by atoms with E-state index in [2.05, 4.69) is 53.1 Å². The summed E-state index contributed by atoms with van der Waals surface area (Å²) in [7, 11) is 1.86. The van der Waals surface area contributed by atoms with Gasteiger partial charge in [0, 0.05) is 32.7 Å². The molecule has 150 valence electrons. The molecule has 2 atom stereocenters. The van der Waals surface area contributed by atoms with Gasteiger partial charge in [-0.2, -0.15) is 0 Å². The van der Waals surface area contributed by atoms with E-state index in [0.717, 1.165) is 38.1 Å². The molecule has 0 aromatic carbocycles. The van der Waals surface area contributed by atoms with Gasteiger partial charge in [-0.1, -0.05) is 20.8 Å². The summed E-state index contributed by atoms with van der Waals surface area (Å²) in [5.41, 5.74) is 0. The van der Waals surface area contributed by atoms with Crippen LogP contribution in [0.25, 0.3) is 0 Å². The fraction of sp³-hybridized carbons (Fsp3) is 0.947. The molecular weight excluding hydrogens is 425 g/mol. The molecule has 0 radical (unpaired) electrons. The summed E-state index contributed by atoms with van der Waals surface area (Å²) in [6.07, 6.45) is 5.15. The van der Waals surface area contributed by atoms with E-state index in [1.165, 1.54) is 45.3 Å². The van der Waals surface area contributed by atoms with Crippen LogP contribution >= 0.6 is 24.0 Å². The normalized spacial score (nSPS) is 20.2. The SMILES string of the molecule is CCN(CC)CCCC(C)NC(=NC)NCCN1CCCC(C)C1.I. The average Bonchev–Trinajstić information content (AvgIpc) is 2.58. The predicted octanol–water partition coefficient (Wildman–Crippen LogP) is 3.01. The highest BCUT2D eigenvalue weighted by Gasteiger charge is 2.15. The highest BCUT2D eigenvalue weighted by molar-refractivity contribution is 14.0. The Labute approximate surface area is 173 Å². The van der Waals surface area contributed by atoms with E-state index >= 15 is 0 Å². The van der Waals surface area contributed by atoms with Gasteiger partial charge in [0.05, 0.1) is 0 Å². The van der Waals surface area contributed by atoms with Crippen molar-refractivity contribution < 1.29 is 0 Å². The van der Waals surface area contributed by atoms with Crippen LogP contribution in [0, 0.1) is 5.92 Å². The van der Waals surface area contributed by atoms with Crippen molar-refractivity contribution in [3.05, 3.63) is 0 Å². The number of aliphatic imine (C=N–C) groups is 1. The Morgan fingerprint density at radius 1 is 1.32 bits per heavy atom. The van der Waals surface area contributed by atoms with Crippen molar-refractivity contribution in [3.8, 4) is 0 Å². The van der Waals surface area contributed by atoms with Crippen LogP contribution < -0.4 is 10.6 Å². The highest BCUT2D eigenvalue weighted by Crippen LogP contribution is 2.14. The maximum Gasteiger partial charge on any atom is 0.191 e. The van der Waals surface area contributed by atoms with E-state index in [1.54, 1.807) is 0 Å². The number of piperidine rings is 1. The van der Waals surface area contributed by atoms with Crippen molar-refractivity contribution in [2.24, 2.45) is 10.9 Å². The van der Waals surface area contributed by atoms with Crippen LogP contribution in [0.3, 0.4) is 0 Å². The van der Waals surface area contributed by atoms with Crippen molar-refractivity contribution in [2.75, 3.05) is 52.9 Å². The first kappa shape index (κ1) is 24.9. The van der Waals surface area contributed by atoms with Crippen LogP contribution in [0.4, 0.5) is 0 Å². The van der Waals surface area contributed by atoms with Gasteiger partial charge in [0.2, 0.25) is 0 Å². The Balaban J connectivity index is 0.00000576. The minimum atomic E-state index is 0. The van der Waals surface area contributed by atoms with Crippen molar-refractivity contribution in [3.63, 3.8) is 0 Å². The van der Waals surface area contributed by atoms with E-state index in [4.69, 9.17) is 0 Å². The number of hydrogen-bond donors (Lipinski definition) is 2. The first-order chi connectivity index (χ1) is 11.6. The number of hydrogen-bond acceptors (Lipinski definition) is 3. The summed E-state index contributed by atoms with van der Waals surface area (Å²) < 4.78 is 0. The van der Waals surface area contributed by atoms with E-state index in [1.807, 2.05) is 7.05 Å². The third-order valence-electron chi connectivity index (χ3n) is 5.07. The number of rotatable bonds is 10. The maximum absolute atomic E-state index is 4.37. The summed E-state index contributed by atoms with van der Waals surface area (Å²) in [5, 5.41) is 7.00. The van der Waals surface area contributed by atoms with E-state index in [0.29, 0.717) is 6.04 Å². The van der Waals surface area contributed by atoms with E-state index < -0.39 is 0 Å². The van der Waals surface area contributed by atoms with Crippen molar-refractivity contribution >= 4 is 29.9 Å². The lowest BCUT2D eigenvalue weighted by atomic mass is 10.0. The summed E-state index contributed by atoms with van der Waals surface area (Å²) in [5.74, 6) is 1.79. The Hall–Kier alpha value is -0.0800. The van der Waals surface area contributed by atoms with Gasteiger partial charge in [0.25, 0.3) is 0 Å². The first-order valence-electron chi connectivity index (χ1n) is 10.0. The van der Waals surface area contributed by atoms with Crippen LogP contribution in [-0.2, 0) is 0 Å². The van der Waals surface area contributed by atoms with Crippen LogP contribution in [0.5, 0.6) is 0 Å². The smallest absolute Gasteiger partial charge is 0.191 e. The molecule has 0 bridgehead atoms. The van der Waals surface area contributed by atoms with E-state index in [-0.39, 0.29) is 24.0 Å². The van der Waals surface area contributed by atoms with E-state index in [9.17, 15) is 0 Å². The van der Waals surface area contributed by atoms with Crippen molar-refractivity contribution in [1.29, 1.82) is 0 Å². The van der Waals surface area contributed by atoms with Gasteiger partial charge in [-0.3, -0.25) is 4.99 Å². The molecule has 1 saturated heterocycles. The lowest BCUT2D eigenvalue weighted by Crippen LogP contribution is -2.46. The zero-order chi connectivity index (χ0) is 17.8. The number of halogens is 1. The minimum absolute atomic E-state index is 0. The Morgan fingerprint density at radius 3 is 2.64 bits per heavy atom. The summed E-state index contributed by atoms with van der Waals surface area (Å²) in [4.78, 5) is 9.42. The lowest BCUT2D eigenvalue weighted by molar-refractivity contribution is 0.187. The molecule has 2 unspecified atom stereocenters. The second kappa shape index (κ2) is 15.0. The number of nitrogens with one attached hydrogen (secondary N) is 2. The molecule has 0 saturated carbocycles. The maximum atomic E-state index is 4.37. The Morgan fingerprint density at radius 2 is 2.04 bits per heavy atom. The molecule has 1 rings (SSSR count). The second-order valence-electron chi connectivity index (χ2n) is 7.26. The summed E-state index contributed by atoms with van der Waals surface area (Å²) >= 11 is 0. The Kier molecular flexibility index (Phi) is 15.0. The number of guanidine groups is 1. The third kappa shape index (κ3) is 11.3. The van der Waals surface area contributed by atoms with Gasteiger partial charge in [-0.05, 0) is 64.7 Å². The molecule has 25 heavy (non-hydrogen) atoms. The van der Waals surface area contributed by atoms with Gasteiger partial charge >= 0.3 is 0 Å². The standard InChI is InChI=1S/C19H41N5.HI/c1-6-23(7-2)13-9-11-18(4)22-19(20-5)21-12-15-24-14-8-10-17(3)16-24;/h17-18H,6-16H2,1-5H3,(H2,20,21,22);1H. The molecule has 1 aliphatic heterocycles. The topological polar surface area (TPSA) is 42.9 Å². The molecule has 1 fully saturated rings. The van der Waals surface area contributed by atoms with Crippen molar-refractivity contribution in [1.82, 2.24) is 20.4 Å². The first-order valence-corrected chi connectivity index (χ1v) is 10.0. The molecule has 0 spiro atoms. The largest absolute Gasteiger partial charge is 0.355 e. The fourth-order valence-electron chi connectivity index (χ4n) is 3.48. The zero-order valence-electron chi connectivity index (χ0n) is 17.2. The van der Waals surface area contributed by atoms with Gasteiger partial charge in [0.1, 0.15) is 0 Å². The fourth-order valence-corrected chi connectivity index (χ4v) is 3.48. The average molecular weight is 467 g/mol. The third-order valence-corrected chi connectivity index (χ3v) is 5.07. The molecular formula is C19H42IN5. The highest BCUT2D eigenvalue weighted by atomic mass is 127. The molecule has 0 aromatic heterocycles. The van der Waals surface area contributed by atoms with Crippen LogP contribution in [0.1, 0.15) is 53.4 Å². The quantitative estimate of drug-likeness (QED) is 0.295. The Bertz CT molecular complexity index is 347. The minimum Gasteiger partial charge on any atom is -0.355 e. The molecule has 0 aromatic rings. The van der Waals surface area contributed by atoms with Crippen molar-refractivity contribution in [2.45, 2.75) is 59.4 Å². The second-order valence-corrected chi connectivity index (χ2v) is 7.26. The van der Waals surface area contributed by atoms with Crippen LogP contribution in [0.2, 0.25) is 0 Å². The summed E-state index contributed by atoms with van der Waals surface area (Å²) in [6.45, 7) is 17.2. The number of likely N-dealkylation sites (tertiary alicyclic amines) is 1. The molecule has 1 aliphatic rings. The monoisotopic (exact) mass is 467 g/mol.